The van der Waals surface area contributed by atoms with Crippen LogP contribution in [0.2, 0.25) is 0 Å². The molecule has 0 spiro atoms. The van der Waals surface area contributed by atoms with Gasteiger partial charge in [-0.2, -0.15) is 16.1 Å². The third-order valence-corrected chi connectivity index (χ3v) is 4.49. The molecule has 0 aliphatic carbocycles. The minimum absolute atomic E-state index is 0.222. The summed E-state index contributed by atoms with van der Waals surface area (Å²) < 4.78 is 5.16. The monoisotopic (exact) mass is 385 g/mol. The van der Waals surface area contributed by atoms with Crippen molar-refractivity contribution in [2.45, 2.75) is 32.9 Å². The van der Waals surface area contributed by atoms with Crippen LogP contribution < -0.4 is 5.32 Å². The normalized spacial score (nSPS) is 11.8. The molecule has 2 aromatic heterocycles. The Balaban J connectivity index is 1.51. The average molecular weight is 385 g/mol. The van der Waals surface area contributed by atoms with Crippen molar-refractivity contribution in [3.05, 3.63) is 46.7 Å². The highest BCUT2D eigenvalue weighted by molar-refractivity contribution is 7.08. The zero-order valence-corrected chi connectivity index (χ0v) is 15.8. The van der Waals surface area contributed by atoms with Gasteiger partial charge in [0.05, 0.1) is 0 Å². The molecule has 1 N–H and O–H groups in total. The lowest BCUT2D eigenvalue weighted by Crippen LogP contribution is -2.31. The van der Waals surface area contributed by atoms with Gasteiger partial charge < -0.3 is 10.1 Å². The second kappa shape index (κ2) is 8.54. The van der Waals surface area contributed by atoms with E-state index in [1.165, 1.54) is 23.8 Å². The Hall–Kier alpha value is -3.07. The van der Waals surface area contributed by atoms with Crippen LogP contribution in [0.25, 0.3) is 11.4 Å². The van der Waals surface area contributed by atoms with Crippen LogP contribution in [0.3, 0.4) is 0 Å². The highest BCUT2D eigenvalue weighted by atomic mass is 32.1. The second-order valence-corrected chi connectivity index (χ2v) is 6.61. The molecule has 0 saturated carbocycles. The van der Waals surface area contributed by atoms with Gasteiger partial charge in [0.15, 0.2) is 12.6 Å². The summed E-state index contributed by atoms with van der Waals surface area (Å²) in [4.78, 5) is 25.3. The smallest absolute Gasteiger partial charge is 0.330 e. The highest BCUT2D eigenvalue weighted by Crippen LogP contribution is 2.16. The van der Waals surface area contributed by atoms with Gasteiger partial charge in [-0.1, -0.05) is 19.1 Å². The Labute approximate surface area is 160 Å². The quantitative estimate of drug-likeness (QED) is 0.628. The molecule has 1 aromatic carbocycles. The molecule has 0 unspecified atom stereocenters. The Kier molecular flexibility index (Phi) is 5.92. The van der Waals surface area contributed by atoms with Crippen molar-refractivity contribution < 1.29 is 14.3 Å². The number of anilines is 1. The molecule has 140 valence electrons. The molecule has 9 heteroatoms. The summed E-state index contributed by atoms with van der Waals surface area (Å²) in [6.07, 6.45) is -0.0182. The molecular weight excluding hydrogens is 366 g/mol. The fourth-order valence-corrected chi connectivity index (χ4v) is 2.92. The van der Waals surface area contributed by atoms with Crippen LogP contribution in [0.4, 0.5) is 5.69 Å². The Bertz CT molecular complexity index is 905. The van der Waals surface area contributed by atoms with Crippen molar-refractivity contribution in [2.75, 3.05) is 5.32 Å². The number of aromatic nitrogens is 4. The first-order valence-corrected chi connectivity index (χ1v) is 9.39. The summed E-state index contributed by atoms with van der Waals surface area (Å²) in [5.74, 6) is -0.586. The molecule has 0 saturated heterocycles. The van der Waals surface area contributed by atoms with E-state index in [0.29, 0.717) is 11.5 Å². The van der Waals surface area contributed by atoms with Gasteiger partial charge in [0, 0.05) is 16.6 Å². The number of nitrogens with one attached hydrogen (secondary N) is 1. The van der Waals surface area contributed by atoms with E-state index in [0.717, 1.165) is 16.8 Å². The number of ether oxygens (including phenoxy) is 1. The number of carbonyl (C=O) groups is 2. The number of aryl methyl sites for hydroxylation is 1. The molecule has 0 aliphatic rings. The summed E-state index contributed by atoms with van der Waals surface area (Å²) in [7, 11) is 0. The van der Waals surface area contributed by atoms with Gasteiger partial charge in [-0.05, 0) is 47.7 Å². The maximum Gasteiger partial charge on any atom is 0.330 e. The van der Waals surface area contributed by atoms with Gasteiger partial charge in [0.2, 0.25) is 5.82 Å². The standard InChI is InChI=1S/C18H19N5O3S/c1-3-13-4-6-15(7-5-13)19-18(25)12(2)26-16(24)10-23-21-17(20-22-23)14-8-9-27-11-14/h4-9,11-12H,3,10H2,1-2H3,(H,19,25)/t12-/m1/s1. The molecule has 3 rings (SSSR count). The van der Waals surface area contributed by atoms with Gasteiger partial charge >= 0.3 is 5.97 Å². The van der Waals surface area contributed by atoms with Crippen LogP contribution in [0.15, 0.2) is 41.1 Å². The van der Waals surface area contributed by atoms with Crippen molar-refractivity contribution in [1.29, 1.82) is 0 Å². The number of hydrogen-bond donors (Lipinski definition) is 1. The van der Waals surface area contributed by atoms with E-state index in [4.69, 9.17) is 4.74 Å². The van der Waals surface area contributed by atoms with Crippen molar-refractivity contribution >= 4 is 28.9 Å². The number of thiophene rings is 1. The van der Waals surface area contributed by atoms with E-state index in [2.05, 4.69) is 27.7 Å². The molecule has 1 amide bonds. The summed E-state index contributed by atoms with van der Waals surface area (Å²) >= 11 is 1.52. The molecule has 0 aliphatic heterocycles. The van der Waals surface area contributed by atoms with Crippen molar-refractivity contribution in [1.82, 2.24) is 20.2 Å². The van der Waals surface area contributed by atoms with Gasteiger partial charge in [0.1, 0.15) is 0 Å². The lowest BCUT2D eigenvalue weighted by atomic mass is 10.1. The number of esters is 1. The summed E-state index contributed by atoms with van der Waals surface area (Å²) in [5, 5.41) is 18.4. The van der Waals surface area contributed by atoms with E-state index >= 15 is 0 Å². The van der Waals surface area contributed by atoms with Gasteiger partial charge in [0.25, 0.3) is 5.91 Å². The Morgan fingerprint density at radius 1 is 1.26 bits per heavy atom. The van der Waals surface area contributed by atoms with Crippen LogP contribution in [-0.4, -0.2) is 38.2 Å². The maximum atomic E-state index is 12.2. The summed E-state index contributed by atoms with van der Waals surface area (Å²) in [6, 6.07) is 9.37. The zero-order valence-electron chi connectivity index (χ0n) is 15.0. The fraction of sp³-hybridized carbons (Fsp3) is 0.278. The van der Waals surface area contributed by atoms with Crippen LogP contribution in [-0.2, 0) is 27.3 Å². The molecule has 0 radical (unpaired) electrons. The van der Waals surface area contributed by atoms with Gasteiger partial charge in [-0.3, -0.25) is 4.79 Å². The first-order chi connectivity index (χ1) is 13.0. The van der Waals surface area contributed by atoms with Crippen LogP contribution in [0, 0.1) is 0 Å². The summed E-state index contributed by atoms with van der Waals surface area (Å²) in [6.45, 7) is 3.35. The molecule has 0 bridgehead atoms. The van der Waals surface area contributed by atoms with E-state index in [9.17, 15) is 9.59 Å². The highest BCUT2D eigenvalue weighted by Gasteiger charge is 2.19. The van der Waals surface area contributed by atoms with Crippen molar-refractivity contribution in [3.8, 4) is 11.4 Å². The Morgan fingerprint density at radius 3 is 2.70 bits per heavy atom. The molecule has 27 heavy (non-hydrogen) atoms. The number of carbonyl (C=O) groups excluding carboxylic acids is 2. The third-order valence-electron chi connectivity index (χ3n) is 3.81. The number of hydrogen-bond acceptors (Lipinski definition) is 7. The first kappa shape index (κ1) is 18.7. The van der Waals surface area contributed by atoms with E-state index in [-0.39, 0.29) is 6.54 Å². The van der Waals surface area contributed by atoms with Crippen LogP contribution in [0.5, 0.6) is 0 Å². The predicted molar refractivity (Wildman–Crippen MR) is 101 cm³/mol. The number of rotatable bonds is 7. The van der Waals surface area contributed by atoms with Gasteiger partial charge in [-0.25, -0.2) is 4.79 Å². The van der Waals surface area contributed by atoms with Crippen LogP contribution in [0.1, 0.15) is 19.4 Å². The SMILES string of the molecule is CCc1ccc(NC(=O)[C@@H](C)OC(=O)Cn2nnc(-c3ccsc3)n2)cc1. The molecule has 3 aromatic rings. The van der Waals surface area contributed by atoms with Crippen molar-refractivity contribution in [2.24, 2.45) is 0 Å². The van der Waals surface area contributed by atoms with Gasteiger partial charge in [-0.15, -0.1) is 10.2 Å². The minimum Gasteiger partial charge on any atom is -0.451 e. The van der Waals surface area contributed by atoms with Crippen molar-refractivity contribution in [3.63, 3.8) is 0 Å². The molecule has 0 fully saturated rings. The summed E-state index contributed by atoms with van der Waals surface area (Å²) in [5.41, 5.74) is 2.66. The Morgan fingerprint density at radius 2 is 2.04 bits per heavy atom. The average Bonchev–Trinajstić information content (AvgIpc) is 3.33. The van der Waals surface area contributed by atoms with E-state index in [1.54, 1.807) is 0 Å². The maximum absolute atomic E-state index is 12.2. The number of nitrogens with zero attached hydrogens (tertiary/aromatic N) is 4. The largest absolute Gasteiger partial charge is 0.451 e. The molecule has 2 heterocycles. The van der Waals surface area contributed by atoms with E-state index in [1.807, 2.05) is 41.1 Å². The number of benzene rings is 1. The minimum atomic E-state index is -0.941. The number of amides is 1. The van der Waals surface area contributed by atoms with Crippen LogP contribution >= 0.6 is 11.3 Å². The second-order valence-electron chi connectivity index (χ2n) is 5.83. The third kappa shape index (κ3) is 4.98. The molecule has 8 nitrogen and oxygen atoms in total. The predicted octanol–water partition coefficient (Wildman–Crippen LogP) is 2.53. The first-order valence-electron chi connectivity index (χ1n) is 8.45. The molecule has 1 atom stereocenters. The lowest BCUT2D eigenvalue weighted by molar-refractivity contribution is -0.154. The van der Waals surface area contributed by atoms with E-state index < -0.39 is 18.0 Å². The number of tetrazole rings is 1. The topological polar surface area (TPSA) is 99.0 Å². The fourth-order valence-electron chi connectivity index (χ4n) is 2.29. The zero-order chi connectivity index (χ0) is 19.2. The lowest BCUT2D eigenvalue weighted by Gasteiger charge is -2.13. The molecular formula is C18H19N5O3S.